The molecule has 6 nitrogen and oxygen atoms in total. The van der Waals surface area contributed by atoms with Crippen LogP contribution in [0.2, 0.25) is 0 Å². The van der Waals surface area contributed by atoms with Gasteiger partial charge in [0.25, 0.3) is 0 Å². The monoisotopic (exact) mass is 375 g/mol. The van der Waals surface area contributed by atoms with Crippen molar-refractivity contribution in [2.45, 2.75) is 37.7 Å². The Kier molecular flexibility index (Phi) is 4.41. The van der Waals surface area contributed by atoms with Crippen molar-refractivity contribution in [3.8, 4) is 0 Å². The minimum Gasteiger partial charge on any atom is -0.390 e. The Hall–Kier alpha value is -2.42. The number of aliphatic hydroxyl groups is 3. The molecule has 1 aliphatic rings. The average molecular weight is 375 g/mol. The average Bonchev–Trinajstić information content (AvgIpc) is 3.20. The highest BCUT2D eigenvalue weighted by atomic mass is 19.2. The molecule has 0 bridgehead atoms. The van der Waals surface area contributed by atoms with Crippen molar-refractivity contribution < 1.29 is 24.1 Å². The van der Waals surface area contributed by atoms with Gasteiger partial charge in [-0.05, 0) is 37.1 Å². The second kappa shape index (κ2) is 6.63. The standard InChI is InChI=1S/C19H19F2N3O3/c1-9-11-4-5-24(19(11)23-8-22-9)15-7-12(17(26)18(15)27)16(25)10-2-3-13(20)14(21)6-10/h2-6,8,12,15-18,25-27H,7H2,1H3/t12-,15-,16?,17-,18+/m1/s1. The number of hydrogen-bond acceptors (Lipinski definition) is 5. The number of rotatable bonds is 3. The summed E-state index contributed by atoms with van der Waals surface area (Å²) in [5.41, 5.74) is 1.58. The number of aliphatic hydroxyl groups excluding tert-OH is 3. The van der Waals surface area contributed by atoms with Crippen LogP contribution >= 0.6 is 0 Å². The SMILES string of the molecule is Cc1ncnc2c1ccn2[C@@H]1C[C@H](C(O)c2ccc(F)c(F)c2)[C@@H](O)[C@H]1O. The summed E-state index contributed by atoms with van der Waals surface area (Å²) in [6.45, 7) is 1.85. The van der Waals surface area contributed by atoms with Gasteiger partial charge in [0.05, 0.1) is 23.9 Å². The van der Waals surface area contributed by atoms with E-state index in [4.69, 9.17) is 0 Å². The third kappa shape index (κ3) is 2.90. The first kappa shape index (κ1) is 18.0. The predicted octanol–water partition coefficient (Wildman–Crippen LogP) is 2.03. The smallest absolute Gasteiger partial charge is 0.159 e. The third-order valence-corrected chi connectivity index (χ3v) is 5.45. The zero-order valence-electron chi connectivity index (χ0n) is 14.5. The Bertz CT molecular complexity index is 993. The largest absolute Gasteiger partial charge is 0.390 e. The maximum atomic E-state index is 13.5. The van der Waals surface area contributed by atoms with E-state index in [-0.39, 0.29) is 12.0 Å². The summed E-state index contributed by atoms with van der Waals surface area (Å²) < 4.78 is 28.4. The first-order valence-corrected chi connectivity index (χ1v) is 8.65. The summed E-state index contributed by atoms with van der Waals surface area (Å²) in [6.07, 6.45) is -0.166. The Morgan fingerprint density at radius 1 is 1.11 bits per heavy atom. The Labute approximate surface area is 153 Å². The minimum atomic E-state index is -1.24. The van der Waals surface area contributed by atoms with E-state index in [1.807, 2.05) is 13.0 Å². The molecule has 0 radical (unpaired) electrons. The molecule has 1 saturated carbocycles. The van der Waals surface area contributed by atoms with E-state index in [1.54, 1.807) is 10.8 Å². The fourth-order valence-corrected chi connectivity index (χ4v) is 3.94. The minimum absolute atomic E-state index is 0.154. The van der Waals surface area contributed by atoms with E-state index in [1.165, 1.54) is 12.4 Å². The van der Waals surface area contributed by atoms with Gasteiger partial charge in [-0.15, -0.1) is 0 Å². The number of aromatic nitrogens is 3. The van der Waals surface area contributed by atoms with E-state index >= 15 is 0 Å². The van der Waals surface area contributed by atoms with Gasteiger partial charge in [-0.1, -0.05) is 6.07 Å². The van der Waals surface area contributed by atoms with E-state index in [0.717, 1.165) is 23.2 Å². The van der Waals surface area contributed by atoms with Crippen molar-refractivity contribution in [3.05, 3.63) is 59.7 Å². The van der Waals surface area contributed by atoms with Crippen molar-refractivity contribution in [2.75, 3.05) is 0 Å². The summed E-state index contributed by atoms with van der Waals surface area (Å²) in [5.74, 6) is -2.82. The lowest BCUT2D eigenvalue weighted by atomic mass is 9.92. The van der Waals surface area contributed by atoms with Crippen LogP contribution in [-0.4, -0.2) is 42.1 Å². The molecular formula is C19H19F2N3O3. The van der Waals surface area contributed by atoms with E-state index in [0.29, 0.717) is 5.65 Å². The van der Waals surface area contributed by atoms with Crippen LogP contribution in [0.5, 0.6) is 0 Å². The van der Waals surface area contributed by atoms with Crippen molar-refractivity contribution in [1.29, 1.82) is 0 Å². The molecule has 1 unspecified atom stereocenters. The van der Waals surface area contributed by atoms with Gasteiger partial charge in [0.15, 0.2) is 11.6 Å². The van der Waals surface area contributed by atoms with Gasteiger partial charge in [-0.2, -0.15) is 0 Å². The molecular weight excluding hydrogens is 356 g/mol. The summed E-state index contributed by atoms with van der Waals surface area (Å²) in [4.78, 5) is 8.40. The van der Waals surface area contributed by atoms with Crippen LogP contribution in [0.3, 0.4) is 0 Å². The molecule has 2 aromatic heterocycles. The summed E-state index contributed by atoms with van der Waals surface area (Å²) >= 11 is 0. The molecule has 2 heterocycles. The maximum absolute atomic E-state index is 13.5. The molecule has 5 atom stereocenters. The molecule has 27 heavy (non-hydrogen) atoms. The fourth-order valence-electron chi connectivity index (χ4n) is 3.94. The van der Waals surface area contributed by atoms with Crippen LogP contribution in [0.15, 0.2) is 36.8 Å². The highest BCUT2D eigenvalue weighted by Crippen LogP contribution is 2.43. The predicted molar refractivity (Wildman–Crippen MR) is 92.7 cm³/mol. The van der Waals surface area contributed by atoms with Crippen LogP contribution in [0.1, 0.15) is 29.8 Å². The van der Waals surface area contributed by atoms with Crippen LogP contribution in [0.4, 0.5) is 8.78 Å². The molecule has 8 heteroatoms. The molecule has 3 N–H and O–H groups in total. The number of fused-ring (bicyclic) bond motifs is 1. The number of hydrogen-bond donors (Lipinski definition) is 3. The number of benzene rings is 1. The first-order chi connectivity index (χ1) is 12.9. The van der Waals surface area contributed by atoms with Gasteiger partial charge in [0, 0.05) is 17.5 Å². The second-order valence-corrected chi connectivity index (χ2v) is 6.99. The normalized spacial score (nSPS) is 26.6. The van der Waals surface area contributed by atoms with Crippen LogP contribution in [0, 0.1) is 24.5 Å². The molecule has 142 valence electrons. The fraction of sp³-hybridized carbons (Fsp3) is 0.368. The lowest BCUT2D eigenvalue weighted by Gasteiger charge is -2.22. The van der Waals surface area contributed by atoms with Crippen molar-refractivity contribution >= 4 is 11.0 Å². The molecule has 3 aromatic rings. The number of halogens is 2. The van der Waals surface area contributed by atoms with Gasteiger partial charge in [0.2, 0.25) is 0 Å². The molecule has 1 aromatic carbocycles. The molecule has 0 aliphatic heterocycles. The Balaban J connectivity index is 1.66. The lowest BCUT2D eigenvalue weighted by molar-refractivity contribution is -0.0265. The molecule has 0 saturated heterocycles. The van der Waals surface area contributed by atoms with E-state index < -0.39 is 41.9 Å². The third-order valence-electron chi connectivity index (χ3n) is 5.45. The summed E-state index contributed by atoms with van der Waals surface area (Å²) in [7, 11) is 0. The van der Waals surface area contributed by atoms with Crippen LogP contribution < -0.4 is 0 Å². The van der Waals surface area contributed by atoms with E-state index in [2.05, 4.69) is 9.97 Å². The quantitative estimate of drug-likeness (QED) is 0.652. The molecule has 4 rings (SSSR count). The highest BCUT2D eigenvalue weighted by Gasteiger charge is 2.46. The van der Waals surface area contributed by atoms with Gasteiger partial charge < -0.3 is 19.9 Å². The first-order valence-electron chi connectivity index (χ1n) is 8.65. The zero-order chi connectivity index (χ0) is 19.3. The molecule has 0 spiro atoms. The molecule has 1 aliphatic carbocycles. The van der Waals surface area contributed by atoms with Crippen molar-refractivity contribution in [3.63, 3.8) is 0 Å². The topological polar surface area (TPSA) is 91.4 Å². The zero-order valence-corrected chi connectivity index (χ0v) is 14.5. The Morgan fingerprint density at radius 2 is 1.89 bits per heavy atom. The van der Waals surface area contributed by atoms with Crippen molar-refractivity contribution in [1.82, 2.24) is 14.5 Å². The Morgan fingerprint density at radius 3 is 2.63 bits per heavy atom. The number of aryl methyl sites for hydroxylation is 1. The van der Waals surface area contributed by atoms with Crippen molar-refractivity contribution in [2.24, 2.45) is 5.92 Å². The van der Waals surface area contributed by atoms with Gasteiger partial charge in [-0.25, -0.2) is 18.7 Å². The lowest BCUT2D eigenvalue weighted by Crippen LogP contribution is -2.31. The summed E-state index contributed by atoms with van der Waals surface area (Å²) in [6, 6.07) is 4.44. The molecule has 0 amide bonds. The summed E-state index contributed by atoms with van der Waals surface area (Å²) in [5, 5.41) is 32.5. The maximum Gasteiger partial charge on any atom is 0.159 e. The van der Waals surface area contributed by atoms with Gasteiger partial charge >= 0.3 is 0 Å². The van der Waals surface area contributed by atoms with Gasteiger partial charge in [-0.3, -0.25) is 0 Å². The van der Waals surface area contributed by atoms with Gasteiger partial charge in [0.1, 0.15) is 18.1 Å². The highest BCUT2D eigenvalue weighted by molar-refractivity contribution is 5.78. The van der Waals surface area contributed by atoms with E-state index in [9.17, 15) is 24.1 Å². The van der Waals surface area contributed by atoms with Crippen LogP contribution in [-0.2, 0) is 0 Å². The second-order valence-electron chi connectivity index (χ2n) is 6.99. The number of nitrogens with zero attached hydrogens (tertiary/aromatic N) is 3. The van der Waals surface area contributed by atoms with Crippen LogP contribution in [0.25, 0.3) is 11.0 Å². The molecule has 1 fully saturated rings.